The topological polar surface area (TPSA) is 78.2 Å². The van der Waals surface area contributed by atoms with Gasteiger partial charge in [0.2, 0.25) is 5.65 Å². The first kappa shape index (κ1) is 17.4. The van der Waals surface area contributed by atoms with Crippen LogP contribution in [0.4, 0.5) is 23.4 Å². The maximum absolute atomic E-state index is 13.8. The molecule has 0 unspecified atom stereocenters. The molecular formula is C16H11F4N5O. The van der Waals surface area contributed by atoms with E-state index in [9.17, 15) is 22.4 Å². The first-order valence-electron chi connectivity index (χ1n) is 7.23. The van der Waals surface area contributed by atoms with Gasteiger partial charge in [-0.05, 0) is 18.2 Å². The van der Waals surface area contributed by atoms with Crippen LogP contribution < -0.4 is 11.4 Å². The molecule has 0 amide bonds. The molecule has 6 nitrogen and oxygen atoms in total. The van der Waals surface area contributed by atoms with Crippen molar-refractivity contribution < 1.29 is 17.6 Å². The number of nitrogens with two attached hydrogens (primary N) is 1. The Kier molecular flexibility index (Phi) is 4.57. The fourth-order valence-electron chi connectivity index (χ4n) is 2.22. The predicted molar refractivity (Wildman–Crippen MR) is 84.7 cm³/mol. The molecule has 0 radical (unpaired) electrons. The van der Waals surface area contributed by atoms with Crippen molar-refractivity contribution in [2.24, 2.45) is 0 Å². The van der Waals surface area contributed by atoms with Gasteiger partial charge >= 0.3 is 5.69 Å². The molecule has 0 aliphatic rings. The van der Waals surface area contributed by atoms with Gasteiger partial charge in [0, 0.05) is 30.1 Å². The summed E-state index contributed by atoms with van der Waals surface area (Å²) >= 11 is 0. The van der Waals surface area contributed by atoms with Gasteiger partial charge in [-0.15, -0.1) is 5.10 Å². The van der Waals surface area contributed by atoms with Crippen LogP contribution in [0.3, 0.4) is 0 Å². The van der Waals surface area contributed by atoms with Crippen LogP contribution >= 0.6 is 0 Å². The van der Waals surface area contributed by atoms with Gasteiger partial charge in [-0.2, -0.15) is 0 Å². The van der Waals surface area contributed by atoms with Gasteiger partial charge in [-0.25, -0.2) is 36.4 Å². The predicted octanol–water partition coefficient (Wildman–Crippen LogP) is 2.20. The number of hydrogen-bond donors (Lipinski definition) is 1. The molecule has 0 spiro atoms. The monoisotopic (exact) mass is 365 g/mol. The molecule has 2 heterocycles. The number of halogens is 4. The van der Waals surface area contributed by atoms with Gasteiger partial charge in [0.1, 0.15) is 23.3 Å². The van der Waals surface area contributed by atoms with E-state index in [-0.39, 0.29) is 11.5 Å². The second-order valence-corrected chi connectivity index (χ2v) is 5.20. The van der Waals surface area contributed by atoms with E-state index >= 15 is 0 Å². The molecule has 0 atom stereocenters. The molecule has 0 bridgehead atoms. The third kappa shape index (κ3) is 3.34. The summed E-state index contributed by atoms with van der Waals surface area (Å²) in [7, 11) is 0. The van der Waals surface area contributed by atoms with Crippen molar-refractivity contribution in [3.05, 3.63) is 82.0 Å². The highest BCUT2D eigenvalue weighted by Crippen LogP contribution is 2.15. The molecule has 2 aromatic heterocycles. The molecule has 134 valence electrons. The summed E-state index contributed by atoms with van der Waals surface area (Å²) in [5.41, 5.74) is 4.20. The van der Waals surface area contributed by atoms with Gasteiger partial charge in [-0.1, -0.05) is 0 Å². The summed E-state index contributed by atoms with van der Waals surface area (Å²) in [6, 6.07) is 4.35. The highest BCUT2D eigenvalue weighted by atomic mass is 19.1. The Hall–Kier alpha value is -3.43. The van der Waals surface area contributed by atoms with E-state index in [1.165, 1.54) is 12.3 Å². The highest BCUT2D eigenvalue weighted by Gasteiger charge is 2.16. The Morgan fingerprint density at radius 1 is 1.04 bits per heavy atom. The fourth-order valence-corrected chi connectivity index (χ4v) is 2.22. The van der Waals surface area contributed by atoms with Crippen LogP contribution in [-0.2, 0) is 6.54 Å². The quantitative estimate of drug-likeness (QED) is 0.707. The minimum Gasteiger partial charge on any atom is -0.381 e. The van der Waals surface area contributed by atoms with Gasteiger partial charge < -0.3 is 5.73 Å². The van der Waals surface area contributed by atoms with Gasteiger partial charge in [-0.3, -0.25) is 0 Å². The number of nitrogen functional groups attached to an aromatic ring is 1. The van der Waals surface area contributed by atoms with Crippen LogP contribution in [0, 0.1) is 23.3 Å². The maximum atomic E-state index is 13.8. The Balaban J connectivity index is 2.23. The van der Waals surface area contributed by atoms with Gasteiger partial charge in [0.15, 0.2) is 5.82 Å². The molecule has 0 saturated carbocycles. The lowest BCUT2D eigenvalue weighted by atomic mass is 10.2. The van der Waals surface area contributed by atoms with Crippen molar-refractivity contribution in [3.63, 3.8) is 0 Å². The lowest BCUT2D eigenvalue weighted by Crippen LogP contribution is -2.22. The van der Waals surface area contributed by atoms with E-state index in [0.29, 0.717) is 16.8 Å². The van der Waals surface area contributed by atoms with Crippen molar-refractivity contribution in [1.29, 1.82) is 0 Å². The molecule has 26 heavy (non-hydrogen) atoms. The summed E-state index contributed by atoms with van der Waals surface area (Å²) in [5.74, 6) is -4.26. The zero-order valence-electron chi connectivity index (χ0n) is 13.0. The number of fused-ring (bicyclic) bond motifs is 1. The highest BCUT2D eigenvalue weighted by molar-refractivity contribution is 5.57. The SMILES string of the molecule is Nc1ncccc(F)ccn2c(=O)n(Cc3c(F)cc(F)cc3F)nc12. The summed E-state index contributed by atoms with van der Waals surface area (Å²) in [6.45, 7) is -0.619. The van der Waals surface area contributed by atoms with Crippen LogP contribution in [-0.4, -0.2) is 19.2 Å². The van der Waals surface area contributed by atoms with Crippen LogP contribution in [0.2, 0.25) is 0 Å². The van der Waals surface area contributed by atoms with Gasteiger partial charge in [0.05, 0.1) is 6.54 Å². The average molecular weight is 365 g/mol. The van der Waals surface area contributed by atoms with E-state index in [1.54, 1.807) is 0 Å². The lowest BCUT2D eigenvalue weighted by Gasteiger charge is -2.04. The van der Waals surface area contributed by atoms with Crippen LogP contribution in [0.1, 0.15) is 5.56 Å². The zero-order chi connectivity index (χ0) is 18.8. The number of nitrogens with zero attached hydrogens (tertiary/aromatic N) is 4. The molecule has 3 aromatic rings. The molecule has 0 fully saturated rings. The lowest BCUT2D eigenvalue weighted by molar-refractivity contribution is 0.505. The standard InChI is InChI=1S/C16H11F4N5O/c17-9-2-1-4-22-14(21)15-23-25(16(26)24(15)5-3-9)8-11-12(19)6-10(18)7-13(11)20/h1-7H,8H2,(H2,21,22). The maximum Gasteiger partial charge on any atom is 0.350 e. The molecule has 0 aliphatic carbocycles. The number of rotatable bonds is 2. The third-order valence-corrected chi connectivity index (χ3v) is 3.45. The second kappa shape index (κ2) is 6.82. The first-order chi connectivity index (χ1) is 12.4. The molecule has 10 heteroatoms. The van der Waals surface area contributed by atoms with Crippen molar-refractivity contribution in [2.75, 3.05) is 5.73 Å². The molecule has 0 saturated heterocycles. The molecule has 0 aliphatic heterocycles. The second-order valence-electron chi connectivity index (χ2n) is 5.20. The van der Waals surface area contributed by atoms with E-state index in [2.05, 4.69) is 10.1 Å². The molecule has 1 aromatic carbocycles. The van der Waals surface area contributed by atoms with Crippen LogP contribution in [0.25, 0.3) is 5.65 Å². The smallest absolute Gasteiger partial charge is 0.350 e. The van der Waals surface area contributed by atoms with Crippen molar-refractivity contribution in [2.45, 2.75) is 6.54 Å². The Bertz CT molecular complexity index is 1080. The summed E-state index contributed by atoms with van der Waals surface area (Å²) < 4.78 is 55.8. The summed E-state index contributed by atoms with van der Waals surface area (Å²) in [4.78, 5) is 16.3. The number of aromatic nitrogens is 4. The van der Waals surface area contributed by atoms with E-state index < -0.39 is 41.1 Å². The van der Waals surface area contributed by atoms with E-state index in [1.807, 2.05) is 0 Å². The largest absolute Gasteiger partial charge is 0.381 e. The number of hydrogen-bond acceptors (Lipinski definition) is 4. The minimum absolute atomic E-state index is 0.145. The third-order valence-electron chi connectivity index (χ3n) is 3.45. The van der Waals surface area contributed by atoms with Gasteiger partial charge in [0.25, 0.3) is 0 Å². The van der Waals surface area contributed by atoms with Crippen molar-refractivity contribution in [3.8, 4) is 0 Å². The normalized spacial score (nSPS) is 10.8. The summed E-state index contributed by atoms with van der Waals surface area (Å²) in [5, 5.41) is 3.89. The van der Waals surface area contributed by atoms with Crippen molar-refractivity contribution in [1.82, 2.24) is 19.2 Å². The fraction of sp³-hybridized carbons (Fsp3) is 0.0625. The molecule has 3 rings (SSSR count). The van der Waals surface area contributed by atoms with Crippen LogP contribution in [0.5, 0.6) is 0 Å². The number of anilines is 1. The van der Waals surface area contributed by atoms with Crippen LogP contribution in [0.15, 0.2) is 47.5 Å². The van der Waals surface area contributed by atoms with E-state index in [0.717, 1.165) is 22.7 Å². The molecule has 2 N–H and O–H groups in total. The number of benzene rings is 1. The average Bonchev–Trinajstić information content (AvgIpc) is 2.88. The Labute approximate surface area is 143 Å². The van der Waals surface area contributed by atoms with E-state index in [4.69, 9.17) is 5.73 Å². The summed E-state index contributed by atoms with van der Waals surface area (Å²) in [6.07, 6.45) is 2.26. The first-order valence-corrected chi connectivity index (χ1v) is 7.23. The molecular weight excluding hydrogens is 354 g/mol. The van der Waals surface area contributed by atoms with Crippen molar-refractivity contribution >= 4 is 11.5 Å². The Morgan fingerprint density at radius 3 is 2.42 bits per heavy atom. The minimum atomic E-state index is -1.17. The zero-order valence-corrected chi connectivity index (χ0v) is 13.0. The Morgan fingerprint density at radius 2 is 1.73 bits per heavy atom.